The predicted octanol–water partition coefficient (Wildman–Crippen LogP) is 4.50. The molecule has 0 fully saturated rings. The lowest BCUT2D eigenvalue weighted by Crippen LogP contribution is -1.93. The van der Waals surface area contributed by atoms with Crippen LogP contribution in [-0.2, 0) is 12.2 Å². The number of hydrogen-bond acceptors (Lipinski definition) is 3. The molecule has 0 amide bonds. The fourth-order valence-electron chi connectivity index (χ4n) is 2.07. The summed E-state index contributed by atoms with van der Waals surface area (Å²) in [6.07, 6.45) is 4.57. The van der Waals surface area contributed by atoms with Crippen LogP contribution in [0.4, 0.5) is 4.39 Å². The van der Waals surface area contributed by atoms with Gasteiger partial charge in [0, 0.05) is 24.6 Å². The molecule has 1 aromatic heterocycles. The first-order valence-corrected chi connectivity index (χ1v) is 8.00. The quantitative estimate of drug-likeness (QED) is 0.512. The molecule has 0 radical (unpaired) electrons. The SMILES string of the molecule is Fc1ccc(CSc2ncc(Cc3ccccc3)cn2)cc1. The van der Waals surface area contributed by atoms with E-state index in [0.717, 1.165) is 28.5 Å². The van der Waals surface area contributed by atoms with Gasteiger partial charge in [0.1, 0.15) is 5.82 Å². The molecule has 110 valence electrons. The van der Waals surface area contributed by atoms with Crippen LogP contribution in [0.25, 0.3) is 0 Å². The third-order valence-electron chi connectivity index (χ3n) is 3.21. The third kappa shape index (κ3) is 4.15. The minimum Gasteiger partial charge on any atom is -0.231 e. The van der Waals surface area contributed by atoms with Gasteiger partial charge in [-0.25, -0.2) is 14.4 Å². The first-order chi connectivity index (χ1) is 10.8. The van der Waals surface area contributed by atoms with Crippen LogP contribution in [0.2, 0.25) is 0 Å². The Morgan fingerprint density at radius 1 is 0.773 bits per heavy atom. The van der Waals surface area contributed by atoms with Gasteiger partial charge in [-0.2, -0.15) is 0 Å². The summed E-state index contributed by atoms with van der Waals surface area (Å²) in [4.78, 5) is 8.77. The topological polar surface area (TPSA) is 25.8 Å². The number of hydrogen-bond donors (Lipinski definition) is 0. The van der Waals surface area contributed by atoms with E-state index in [2.05, 4.69) is 22.1 Å². The van der Waals surface area contributed by atoms with Crippen LogP contribution in [0.3, 0.4) is 0 Å². The molecular weight excluding hydrogens is 295 g/mol. The van der Waals surface area contributed by atoms with E-state index in [4.69, 9.17) is 0 Å². The zero-order valence-electron chi connectivity index (χ0n) is 11.9. The Hall–Kier alpha value is -2.20. The van der Waals surface area contributed by atoms with Gasteiger partial charge in [0.15, 0.2) is 5.16 Å². The predicted molar refractivity (Wildman–Crippen MR) is 87.2 cm³/mol. The first kappa shape index (κ1) is 14.7. The maximum atomic E-state index is 12.8. The highest BCUT2D eigenvalue weighted by Gasteiger charge is 2.02. The average Bonchev–Trinajstić information content (AvgIpc) is 2.57. The Bertz CT molecular complexity index is 712. The number of nitrogens with zero attached hydrogens (tertiary/aromatic N) is 2. The molecule has 22 heavy (non-hydrogen) atoms. The van der Waals surface area contributed by atoms with Crippen LogP contribution in [0.5, 0.6) is 0 Å². The van der Waals surface area contributed by atoms with Crippen LogP contribution in [0, 0.1) is 5.82 Å². The largest absolute Gasteiger partial charge is 0.231 e. The summed E-state index contributed by atoms with van der Waals surface area (Å²) < 4.78 is 12.8. The van der Waals surface area contributed by atoms with Gasteiger partial charge < -0.3 is 0 Å². The molecule has 0 spiro atoms. The lowest BCUT2D eigenvalue weighted by molar-refractivity contribution is 0.627. The van der Waals surface area contributed by atoms with Gasteiger partial charge in [0.25, 0.3) is 0 Å². The van der Waals surface area contributed by atoms with E-state index in [0.29, 0.717) is 0 Å². The lowest BCUT2D eigenvalue weighted by Gasteiger charge is -2.03. The van der Waals surface area contributed by atoms with Crippen molar-refractivity contribution in [1.82, 2.24) is 9.97 Å². The molecule has 0 unspecified atom stereocenters. The fourth-order valence-corrected chi connectivity index (χ4v) is 2.81. The van der Waals surface area contributed by atoms with Crippen LogP contribution in [-0.4, -0.2) is 9.97 Å². The van der Waals surface area contributed by atoms with Crippen LogP contribution < -0.4 is 0 Å². The molecule has 0 aliphatic carbocycles. The van der Waals surface area contributed by atoms with Crippen molar-refractivity contribution in [1.29, 1.82) is 0 Å². The Balaban J connectivity index is 1.58. The molecule has 0 saturated carbocycles. The van der Waals surface area contributed by atoms with E-state index in [-0.39, 0.29) is 5.82 Å². The second-order valence-electron chi connectivity index (χ2n) is 4.95. The molecule has 0 aliphatic rings. The molecule has 2 nitrogen and oxygen atoms in total. The molecule has 3 rings (SSSR count). The molecule has 3 aromatic rings. The third-order valence-corrected chi connectivity index (χ3v) is 4.16. The van der Waals surface area contributed by atoms with Crippen molar-refractivity contribution in [3.63, 3.8) is 0 Å². The highest BCUT2D eigenvalue weighted by atomic mass is 32.2. The van der Waals surface area contributed by atoms with E-state index >= 15 is 0 Å². The zero-order valence-corrected chi connectivity index (χ0v) is 12.8. The lowest BCUT2D eigenvalue weighted by atomic mass is 10.1. The summed E-state index contributed by atoms with van der Waals surface area (Å²) in [5.74, 6) is 0.522. The highest BCUT2D eigenvalue weighted by Crippen LogP contribution is 2.19. The maximum absolute atomic E-state index is 12.8. The Labute approximate surface area is 133 Å². The first-order valence-electron chi connectivity index (χ1n) is 7.02. The van der Waals surface area contributed by atoms with Crippen molar-refractivity contribution in [2.45, 2.75) is 17.3 Å². The van der Waals surface area contributed by atoms with Gasteiger partial charge >= 0.3 is 0 Å². The van der Waals surface area contributed by atoms with E-state index < -0.39 is 0 Å². The van der Waals surface area contributed by atoms with Crippen LogP contribution >= 0.6 is 11.8 Å². The Morgan fingerprint density at radius 2 is 1.45 bits per heavy atom. The van der Waals surface area contributed by atoms with Gasteiger partial charge in [0.05, 0.1) is 0 Å². The van der Waals surface area contributed by atoms with Crippen molar-refractivity contribution >= 4 is 11.8 Å². The molecule has 4 heteroatoms. The molecule has 0 bridgehead atoms. The molecule has 2 aromatic carbocycles. The average molecular weight is 310 g/mol. The van der Waals surface area contributed by atoms with E-state index in [1.165, 1.54) is 17.7 Å². The Morgan fingerprint density at radius 3 is 2.14 bits per heavy atom. The summed E-state index contributed by atoms with van der Waals surface area (Å²) >= 11 is 1.55. The van der Waals surface area contributed by atoms with Gasteiger partial charge in [-0.1, -0.05) is 54.2 Å². The second kappa shape index (κ2) is 7.18. The fraction of sp³-hybridized carbons (Fsp3) is 0.111. The second-order valence-corrected chi connectivity index (χ2v) is 5.89. The molecular formula is C18H15FN2S. The van der Waals surface area contributed by atoms with Gasteiger partial charge in [-0.3, -0.25) is 0 Å². The molecule has 1 heterocycles. The summed E-state index contributed by atoms with van der Waals surface area (Å²) in [6, 6.07) is 16.8. The van der Waals surface area contributed by atoms with Crippen molar-refractivity contribution in [2.24, 2.45) is 0 Å². The number of halogens is 1. The molecule has 0 atom stereocenters. The van der Waals surface area contributed by atoms with Gasteiger partial charge in [-0.15, -0.1) is 0 Å². The summed E-state index contributed by atoms with van der Waals surface area (Å²) in [5, 5.41) is 0.737. The molecule has 0 saturated heterocycles. The monoisotopic (exact) mass is 310 g/mol. The van der Waals surface area contributed by atoms with E-state index in [9.17, 15) is 4.39 Å². The van der Waals surface area contributed by atoms with Crippen molar-refractivity contribution in [3.8, 4) is 0 Å². The van der Waals surface area contributed by atoms with Crippen molar-refractivity contribution in [2.75, 3.05) is 0 Å². The van der Waals surface area contributed by atoms with Gasteiger partial charge in [0.2, 0.25) is 0 Å². The normalized spacial score (nSPS) is 10.6. The van der Waals surface area contributed by atoms with E-state index in [1.54, 1.807) is 23.9 Å². The van der Waals surface area contributed by atoms with Crippen LogP contribution in [0.15, 0.2) is 72.1 Å². The summed E-state index contributed by atoms with van der Waals surface area (Å²) in [6.45, 7) is 0. The van der Waals surface area contributed by atoms with Crippen molar-refractivity contribution < 1.29 is 4.39 Å². The van der Waals surface area contributed by atoms with Gasteiger partial charge in [-0.05, 0) is 28.8 Å². The van der Waals surface area contributed by atoms with E-state index in [1.807, 2.05) is 30.6 Å². The molecule has 0 N–H and O–H groups in total. The minimum absolute atomic E-state index is 0.213. The standard InChI is InChI=1S/C18H15FN2S/c19-17-8-6-15(7-9-17)13-22-18-20-11-16(12-21-18)10-14-4-2-1-3-5-14/h1-9,11-12H,10,13H2. The minimum atomic E-state index is -0.213. The van der Waals surface area contributed by atoms with Crippen LogP contribution in [0.1, 0.15) is 16.7 Å². The highest BCUT2D eigenvalue weighted by molar-refractivity contribution is 7.98. The smallest absolute Gasteiger partial charge is 0.187 e. The number of thioether (sulfide) groups is 1. The number of rotatable bonds is 5. The zero-order chi connectivity index (χ0) is 15.2. The molecule has 0 aliphatic heterocycles. The summed E-state index contributed by atoms with van der Waals surface area (Å²) in [5.41, 5.74) is 3.40. The number of aromatic nitrogens is 2. The number of benzene rings is 2. The van der Waals surface area contributed by atoms with Crippen molar-refractivity contribution in [3.05, 3.63) is 89.5 Å². The maximum Gasteiger partial charge on any atom is 0.187 e. The Kier molecular flexibility index (Phi) is 4.81. The summed E-state index contributed by atoms with van der Waals surface area (Å²) in [7, 11) is 0.